The van der Waals surface area contributed by atoms with E-state index in [0.717, 1.165) is 28.3 Å². The number of benzene rings is 1. The van der Waals surface area contributed by atoms with E-state index < -0.39 is 0 Å². The van der Waals surface area contributed by atoms with Crippen molar-refractivity contribution in [1.82, 2.24) is 9.88 Å². The van der Waals surface area contributed by atoms with Gasteiger partial charge in [-0.2, -0.15) is 0 Å². The minimum absolute atomic E-state index is 0.248. The summed E-state index contributed by atoms with van der Waals surface area (Å²) in [5.41, 5.74) is 2.10. The summed E-state index contributed by atoms with van der Waals surface area (Å²) in [6, 6.07) is 10.2. The molecule has 1 aliphatic rings. The highest BCUT2D eigenvalue weighted by Gasteiger charge is 2.28. The van der Waals surface area contributed by atoms with Gasteiger partial charge in [-0.05, 0) is 23.6 Å². The molecule has 0 N–H and O–H groups in total. The molecule has 2 heterocycles. The van der Waals surface area contributed by atoms with E-state index in [1.165, 1.54) is 0 Å². The Bertz CT molecular complexity index is 614. The molecule has 1 atom stereocenters. The maximum absolute atomic E-state index is 11.9. The first-order valence-corrected chi connectivity index (χ1v) is 7.56. The molecule has 0 aliphatic carbocycles. The smallest absolute Gasteiger partial charge is 0.223 e. The number of halogens is 1. The van der Waals surface area contributed by atoms with Crippen molar-refractivity contribution in [2.24, 2.45) is 5.92 Å². The zero-order valence-corrected chi connectivity index (χ0v) is 12.1. The van der Waals surface area contributed by atoms with Gasteiger partial charge >= 0.3 is 0 Å². The highest BCUT2D eigenvalue weighted by Crippen LogP contribution is 2.22. The van der Waals surface area contributed by atoms with Crippen LogP contribution in [0.4, 0.5) is 0 Å². The van der Waals surface area contributed by atoms with Crippen LogP contribution < -0.4 is 0 Å². The Hall–Kier alpha value is -1.42. The van der Waals surface area contributed by atoms with Gasteiger partial charge in [-0.25, -0.2) is 0 Å². The summed E-state index contributed by atoms with van der Waals surface area (Å²) in [4.78, 5) is 18.3. The molecule has 19 heavy (non-hydrogen) atoms. The Morgan fingerprint density at radius 3 is 3.00 bits per heavy atom. The van der Waals surface area contributed by atoms with Crippen LogP contribution in [0.5, 0.6) is 0 Å². The molecule has 2 aromatic rings. The molecular formula is C15H15BrN2O. The van der Waals surface area contributed by atoms with Gasteiger partial charge in [0, 0.05) is 36.4 Å². The Balaban J connectivity index is 1.80. The van der Waals surface area contributed by atoms with E-state index >= 15 is 0 Å². The summed E-state index contributed by atoms with van der Waals surface area (Å²) >= 11 is 3.46. The predicted molar refractivity (Wildman–Crippen MR) is 79.1 cm³/mol. The molecule has 1 aromatic carbocycles. The molecule has 0 bridgehead atoms. The monoisotopic (exact) mass is 318 g/mol. The normalized spacial score (nSPS) is 19.3. The first kappa shape index (κ1) is 12.6. The largest absolute Gasteiger partial charge is 0.338 e. The number of fused-ring (bicyclic) bond motifs is 1. The van der Waals surface area contributed by atoms with E-state index in [1.807, 2.05) is 29.3 Å². The molecule has 98 valence electrons. The molecule has 1 saturated heterocycles. The molecule has 1 amide bonds. The fraction of sp³-hybridized carbons (Fsp3) is 0.333. The lowest BCUT2D eigenvalue weighted by Gasteiger charge is -2.16. The van der Waals surface area contributed by atoms with Gasteiger partial charge in [-0.3, -0.25) is 9.78 Å². The molecule has 0 saturated carbocycles. The lowest BCUT2D eigenvalue weighted by atomic mass is 10.1. The summed E-state index contributed by atoms with van der Waals surface area (Å²) in [6.45, 7) is 1.51. The number of hydrogen-bond donors (Lipinski definition) is 0. The Morgan fingerprint density at radius 2 is 2.21 bits per heavy atom. The highest BCUT2D eigenvalue weighted by atomic mass is 79.9. The molecule has 1 fully saturated rings. The number of carbonyl (C=O) groups excluding carboxylic acids is 1. The second kappa shape index (κ2) is 5.29. The molecule has 0 radical (unpaired) electrons. The third-order valence-corrected chi connectivity index (χ3v) is 4.45. The first-order chi connectivity index (χ1) is 9.26. The molecule has 1 aliphatic heterocycles. The van der Waals surface area contributed by atoms with Crippen molar-refractivity contribution in [3.63, 3.8) is 0 Å². The minimum atomic E-state index is 0.248. The maximum atomic E-state index is 11.9. The summed E-state index contributed by atoms with van der Waals surface area (Å²) < 4.78 is 0. The van der Waals surface area contributed by atoms with E-state index in [4.69, 9.17) is 0 Å². The number of pyridine rings is 1. The third-order valence-electron chi connectivity index (χ3n) is 3.53. The zero-order chi connectivity index (χ0) is 13.2. The summed E-state index contributed by atoms with van der Waals surface area (Å²) in [5, 5.41) is 2.02. The average Bonchev–Trinajstić information content (AvgIpc) is 2.79. The van der Waals surface area contributed by atoms with Crippen LogP contribution in [0.1, 0.15) is 12.0 Å². The van der Waals surface area contributed by atoms with Crippen molar-refractivity contribution in [2.75, 3.05) is 11.9 Å². The lowest BCUT2D eigenvalue weighted by molar-refractivity contribution is -0.128. The number of rotatable bonds is 3. The van der Waals surface area contributed by atoms with Gasteiger partial charge in [0.2, 0.25) is 5.91 Å². The summed E-state index contributed by atoms with van der Waals surface area (Å²) in [7, 11) is 0. The SMILES string of the molecule is O=C1CC(CBr)CN1Cc1cnc2ccccc2c1. The van der Waals surface area contributed by atoms with Crippen LogP contribution in [-0.2, 0) is 11.3 Å². The molecule has 0 spiro atoms. The Kier molecular flexibility index (Phi) is 3.51. The quantitative estimate of drug-likeness (QED) is 0.815. The van der Waals surface area contributed by atoms with Gasteiger partial charge in [-0.1, -0.05) is 34.1 Å². The molecule has 4 heteroatoms. The van der Waals surface area contributed by atoms with Gasteiger partial charge in [0.1, 0.15) is 0 Å². The van der Waals surface area contributed by atoms with E-state index in [2.05, 4.69) is 33.0 Å². The lowest BCUT2D eigenvalue weighted by Crippen LogP contribution is -2.24. The van der Waals surface area contributed by atoms with Crippen molar-refractivity contribution in [3.05, 3.63) is 42.1 Å². The average molecular weight is 319 g/mol. The number of hydrogen-bond acceptors (Lipinski definition) is 2. The van der Waals surface area contributed by atoms with Gasteiger partial charge in [-0.15, -0.1) is 0 Å². The van der Waals surface area contributed by atoms with Crippen molar-refractivity contribution in [3.8, 4) is 0 Å². The fourth-order valence-electron chi connectivity index (χ4n) is 2.53. The van der Waals surface area contributed by atoms with Gasteiger partial charge < -0.3 is 4.90 Å². The van der Waals surface area contributed by atoms with Gasteiger partial charge in [0.15, 0.2) is 0 Å². The van der Waals surface area contributed by atoms with E-state index in [9.17, 15) is 4.79 Å². The number of aromatic nitrogens is 1. The van der Waals surface area contributed by atoms with E-state index in [-0.39, 0.29) is 5.91 Å². The highest BCUT2D eigenvalue weighted by molar-refractivity contribution is 9.09. The zero-order valence-electron chi connectivity index (χ0n) is 10.6. The summed E-state index contributed by atoms with van der Waals surface area (Å²) in [6.07, 6.45) is 2.53. The first-order valence-electron chi connectivity index (χ1n) is 6.43. The number of carbonyl (C=O) groups is 1. The Morgan fingerprint density at radius 1 is 1.37 bits per heavy atom. The second-order valence-corrected chi connectivity index (χ2v) is 5.68. The minimum Gasteiger partial charge on any atom is -0.338 e. The van der Waals surface area contributed by atoms with E-state index in [1.54, 1.807) is 0 Å². The molecular weight excluding hydrogens is 304 g/mol. The van der Waals surface area contributed by atoms with Crippen LogP contribution >= 0.6 is 15.9 Å². The van der Waals surface area contributed by atoms with Gasteiger partial charge in [0.05, 0.1) is 5.52 Å². The molecule has 3 rings (SSSR count). The topological polar surface area (TPSA) is 33.2 Å². The number of alkyl halides is 1. The van der Waals surface area contributed by atoms with E-state index in [0.29, 0.717) is 18.9 Å². The van der Waals surface area contributed by atoms with Crippen molar-refractivity contribution in [2.45, 2.75) is 13.0 Å². The number of para-hydroxylation sites is 1. The van der Waals surface area contributed by atoms with Crippen molar-refractivity contribution in [1.29, 1.82) is 0 Å². The van der Waals surface area contributed by atoms with Crippen molar-refractivity contribution < 1.29 is 4.79 Å². The number of nitrogens with zero attached hydrogens (tertiary/aromatic N) is 2. The fourth-order valence-corrected chi connectivity index (χ4v) is 2.97. The van der Waals surface area contributed by atoms with Crippen LogP contribution in [0.2, 0.25) is 0 Å². The van der Waals surface area contributed by atoms with Crippen molar-refractivity contribution >= 4 is 32.7 Å². The second-order valence-electron chi connectivity index (χ2n) is 5.03. The van der Waals surface area contributed by atoms with Crippen LogP contribution in [0.15, 0.2) is 36.5 Å². The maximum Gasteiger partial charge on any atom is 0.223 e. The molecule has 1 aromatic heterocycles. The van der Waals surface area contributed by atoms with Crippen LogP contribution in [0.3, 0.4) is 0 Å². The number of amides is 1. The molecule has 1 unspecified atom stereocenters. The summed E-state index contributed by atoms with van der Waals surface area (Å²) in [5.74, 6) is 0.693. The van der Waals surface area contributed by atoms with Gasteiger partial charge in [0.25, 0.3) is 0 Å². The Labute approximate surface area is 120 Å². The number of likely N-dealkylation sites (tertiary alicyclic amines) is 1. The van der Waals surface area contributed by atoms with Crippen LogP contribution in [0, 0.1) is 5.92 Å². The molecule has 3 nitrogen and oxygen atoms in total. The predicted octanol–water partition coefficient (Wildman–Crippen LogP) is 2.98. The van der Waals surface area contributed by atoms with Crippen LogP contribution in [-0.4, -0.2) is 27.7 Å². The standard InChI is InChI=1S/C15H15BrN2O/c16-7-11-6-15(19)18(9-11)10-12-5-13-3-1-2-4-14(13)17-8-12/h1-5,8,11H,6-7,9-10H2. The third kappa shape index (κ3) is 2.63. The van der Waals surface area contributed by atoms with Crippen LogP contribution in [0.25, 0.3) is 10.9 Å².